The molecule has 1 aliphatic carbocycles. The zero-order valence-corrected chi connectivity index (χ0v) is 12.0. The lowest BCUT2D eigenvalue weighted by molar-refractivity contribution is -0.384. The summed E-state index contributed by atoms with van der Waals surface area (Å²) in [5, 5.41) is 23.0. The van der Waals surface area contributed by atoms with Gasteiger partial charge in [0.1, 0.15) is 0 Å². The summed E-state index contributed by atoms with van der Waals surface area (Å²) in [6, 6.07) is 5.98. The van der Waals surface area contributed by atoms with Gasteiger partial charge in [0.05, 0.1) is 18.0 Å². The van der Waals surface area contributed by atoms with Gasteiger partial charge >= 0.3 is 0 Å². The van der Waals surface area contributed by atoms with Crippen molar-refractivity contribution in [1.29, 1.82) is 0 Å². The van der Waals surface area contributed by atoms with Crippen LogP contribution in [0.3, 0.4) is 0 Å². The van der Waals surface area contributed by atoms with Crippen LogP contribution in [0, 0.1) is 15.5 Å². The monoisotopic (exact) mass is 292 g/mol. The third kappa shape index (κ3) is 3.58. The first-order chi connectivity index (χ1) is 9.94. The lowest BCUT2D eigenvalue weighted by atomic mass is 9.85. The smallest absolute Gasteiger partial charge is 0.269 e. The summed E-state index contributed by atoms with van der Waals surface area (Å²) >= 11 is 0. The topological polar surface area (TPSA) is 92.5 Å². The second kappa shape index (κ2) is 6.22. The molecule has 114 valence electrons. The van der Waals surface area contributed by atoms with Crippen molar-refractivity contribution < 1.29 is 14.8 Å². The van der Waals surface area contributed by atoms with E-state index in [1.54, 1.807) is 12.1 Å². The lowest BCUT2D eigenvalue weighted by Crippen LogP contribution is -2.45. The molecule has 6 heteroatoms. The molecule has 1 aromatic carbocycles. The summed E-state index contributed by atoms with van der Waals surface area (Å²) in [5.74, 6) is -0.115. The molecule has 0 saturated heterocycles. The minimum absolute atomic E-state index is 0.00644. The van der Waals surface area contributed by atoms with Gasteiger partial charge in [0.25, 0.3) is 5.69 Å². The molecule has 1 aliphatic rings. The Hall–Kier alpha value is -1.95. The zero-order chi connectivity index (χ0) is 15.5. The molecule has 0 radical (unpaired) electrons. The van der Waals surface area contributed by atoms with Crippen molar-refractivity contribution in [1.82, 2.24) is 5.32 Å². The van der Waals surface area contributed by atoms with Gasteiger partial charge in [-0.3, -0.25) is 14.9 Å². The molecule has 0 aliphatic heterocycles. The Morgan fingerprint density at radius 3 is 2.71 bits per heavy atom. The van der Waals surface area contributed by atoms with Crippen LogP contribution in [0.25, 0.3) is 0 Å². The summed E-state index contributed by atoms with van der Waals surface area (Å²) in [6.07, 6.45) is 2.98. The minimum atomic E-state index is -0.463. The molecular formula is C15H20N2O4. The maximum Gasteiger partial charge on any atom is 0.269 e. The van der Waals surface area contributed by atoms with E-state index >= 15 is 0 Å². The highest BCUT2D eigenvalue weighted by Gasteiger charge is 2.38. The SMILES string of the molecule is CC1(CO)CCCC1NC(=O)Cc1ccc([N+](=O)[O-])cc1. The molecule has 0 heterocycles. The Morgan fingerprint density at radius 2 is 2.14 bits per heavy atom. The van der Waals surface area contributed by atoms with Crippen molar-refractivity contribution >= 4 is 11.6 Å². The standard InChI is InChI=1S/C15H20N2O4/c1-15(10-18)8-2-3-13(15)16-14(19)9-11-4-6-12(7-5-11)17(20)21/h4-7,13,18H,2-3,8-10H2,1H3,(H,16,19). The zero-order valence-electron chi connectivity index (χ0n) is 12.0. The molecule has 2 unspecified atom stereocenters. The first-order valence-corrected chi connectivity index (χ1v) is 7.08. The fourth-order valence-corrected chi connectivity index (χ4v) is 2.83. The van der Waals surface area contributed by atoms with Crippen LogP contribution in [0.15, 0.2) is 24.3 Å². The van der Waals surface area contributed by atoms with Crippen molar-refractivity contribution in [3.63, 3.8) is 0 Å². The Bertz CT molecular complexity index is 529. The number of hydrogen-bond donors (Lipinski definition) is 2. The van der Waals surface area contributed by atoms with Crippen LogP contribution in [-0.2, 0) is 11.2 Å². The Balaban J connectivity index is 1.94. The molecule has 0 bridgehead atoms. The molecule has 2 N–H and O–H groups in total. The number of nitrogens with zero attached hydrogens (tertiary/aromatic N) is 1. The third-order valence-electron chi connectivity index (χ3n) is 4.29. The second-order valence-corrected chi connectivity index (χ2v) is 5.92. The van der Waals surface area contributed by atoms with Gasteiger partial charge in [-0.1, -0.05) is 25.5 Å². The van der Waals surface area contributed by atoms with Gasteiger partial charge in [-0.05, 0) is 18.4 Å². The van der Waals surface area contributed by atoms with Crippen molar-refractivity contribution in [3.05, 3.63) is 39.9 Å². The van der Waals surface area contributed by atoms with Crippen LogP contribution in [-0.4, -0.2) is 28.6 Å². The highest BCUT2D eigenvalue weighted by molar-refractivity contribution is 5.79. The van der Waals surface area contributed by atoms with Crippen LogP contribution < -0.4 is 5.32 Å². The molecule has 0 spiro atoms. The molecule has 2 rings (SSSR count). The van der Waals surface area contributed by atoms with E-state index in [2.05, 4.69) is 5.32 Å². The summed E-state index contributed by atoms with van der Waals surface area (Å²) in [5.41, 5.74) is 0.509. The molecule has 6 nitrogen and oxygen atoms in total. The number of aliphatic hydroxyl groups is 1. The number of hydrogen-bond acceptors (Lipinski definition) is 4. The lowest BCUT2D eigenvalue weighted by Gasteiger charge is -2.30. The number of non-ortho nitro benzene ring substituents is 1. The average Bonchev–Trinajstić information content (AvgIpc) is 2.81. The summed E-state index contributed by atoms with van der Waals surface area (Å²) in [6.45, 7) is 2.05. The number of rotatable bonds is 5. The number of benzene rings is 1. The van der Waals surface area contributed by atoms with E-state index in [-0.39, 0.29) is 36.1 Å². The van der Waals surface area contributed by atoms with Gasteiger partial charge in [0.15, 0.2) is 0 Å². The fourth-order valence-electron chi connectivity index (χ4n) is 2.83. The number of aliphatic hydroxyl groups excluding tert-OH is 1. The Labute approximate surface area is 123 Å². The van der Waals surface area contributed by atoms with Gasteiger partial charge in [-0.2, -0.15) is 0 Å². The Morgan fingerprint density at radius 1 is 1.48 bits per heavy atom. The third-order valence-corrected chi connectivity index (χ3v) is 4.29. The highest BCUT2D eigenvalue weighted by atomic mass is 16.6. The van der Waals surface area contributed by atoms with E-state index in [1.807, 2.05) is 6.92 Å². The van der Waals surface area contributed by atoms with Crippen molar-refractivity contribution in [2.75, 3.05) is 6.61 Å². The first-order valence-electron chi connectivity index (χ1n) is 7.08. The predicted molar refractivity (Wildman–Crippen MR) is 77.8 cm³/mol. The van der Waals surface area contributed by atoms with Gasteiger partial charge < -0.3 is 10.4 Å². The van der Waals surface area contributed by atoms with Crippen molar-refractivity contribution in [2.24, 2.45) is 5.41 Å². The quantitative estimate of drug-likeness (QED) is 0.639. The maximum absolute atomic E-state index is 12.1. The maximum atomic E-state index is 12.1. The van der Waals surface area contributed by atoms with Gasteiger partial charge in [-0.25, -0.2) is 0 Å². The van der Waals surface area contributed by atoms with E-state index in [0.717, 1.165) is 24.8 Å². The molecule has 1 saturated carbocycles. The molecule has 1 amide bonds. The molecule has 21 heavy (non-hydrogen) atoms. The van der Waals surface area contributed by atoms with E-state index in [9.17, 15) is 20.0 Å². The normalized spacial score (nSPS) is 24.8. The van der Waals surface area contributed by atoms with E-state index in [1.165, 1.54) is 12.1 Å². The molecule has 2 atom stereocenters. The predicted octanol–water partition coefficient (Wildman–Crippen LogP) is 1.80. The van der Waals surface area contributed by atoms with E-state index < -0.39 is 4.92 Å². The first kappa shape index (κ1) is 15.4. The summed E-state index contributed by atoms with van der Waals surface area (Å²) < 4.78 is 0. The largest absolute Gasteiger partial charge is 0.396 e. The average molecular weight is 292 g/mol. The van der Waals surface area contributed by atoms with Crippen LogP contribution >= 0.6 is 0 Å². The van der Waals surface area contributed by atoms with E-state index in [4.69, 9.17) is 0 Å². The number of nitro groups is 1. The number of nitro benzene ring substituents is 1. The molecular weight excluding hydrogens is 272 g/mol. The van der Waals surface area contributed by atoms with Gasteiger partial charge in [-0.15, -0.1) is 0 Å². The molecule has 0 aromatic heterocycles. The van der Waals surface area contributed by atoms with Crippen LogP contribution in [0.2, 0.25) is 0 Å². The van der Waals surface area contributed by atoms with Crippen LogP contribution in [0.1, 0.15) is 31.7 Å². The van der Waals surface area contributed by atoms with Crippen molar-refractivity contribution in [3.8, 4) is 0 Å². The minimum Gasteiger partial charge on any atom is -0.396 e. The van der Waals surface area contributed by atoms with Gasteiger partial charge in [0.2, 0.25) is 5.91 Å². The fraction of sp³-hybridized carbons (Fsp3) is 0.533. The van der Waals surface area contributed by atoms with E-state index in [0.29, 0.717) is 0 Å². The summed E-state index contributed by atoms with van der Waals surface area (Å²) in [4.78, 5) is 22.2. The Kier molecular flexibility index (Phi) is 4.57. The van der Waals surface area contributed by atoms with Gasteiger partial charge in [0, 0.05) is 23.6 Å². The van der Waals surface area contributed by atoms with Crippen molar-refractivity contribution in [2.45, 2.75) is 38.6 Å². The van der Waals surface area contributed by atoms with Crippen LogP contribution in [0.5, 0.6) is 0 Å². The highest BCUT2D eigenvalue weighted by Crippen LogP contribution is 2.37. The number of carbonyl (C=O) groups excluding carboxylic acids is 1. The van der Waals surface area contributed by atoms with Crippen LogP contribution in [0.4, 0.5) is 5.69 Å². The number of amides is 1. The molecule has 1 fully saturated rings. The molecule has 1 aromatic rings. The number of carbonyl (C=O) groups is 1. The number of nitrogens with one attached hydrogen (secondary N) is 1. The second-order valence-electron chi connectivity index (χ2n) is 5.92. The summed E-state index contributed by atoms with van der Waals surface area (Å²) in [7, 11) is 0.